The van der Waals surface area contributed by atoms with E-state index in [1.807, 2.05) is 55.4 Å². The molecule has 530 valence electrons. The highest BCUT2D eigenvalue weighted by Gasteiger charge is 2.47. The number of amides is 11. The number of carbonyl (C=O) groups excluding carboxylic acids is 12. The first-order valence-electron chi connectivity index (χ1n) is 32.7. The molecule has 1 fully saturated rings. The molecule has 0 aromatic rings. The number of carboxylic acids is 1. The minimum absolute atomic E-state index is 0.0769. The maximum absolute atomic E-state index is 15.5. The predicted molar refractivity (Wildman–Crippen MR) is 351 cm³/mol. The van der Waals surface area contributed by atoms with Crippen molar-refractivity contribution in [2.75, 3.05) is 69.1 Å². The molecule has 1 aliphatic heterocycles. The summed E-state index contributed by atoms with van der Waals surface area (Å²) < 4.78 is 11.1. The van der Waals surface area contributed by atoms with Crippen LogP contribution in [0.15, 0.2) is 12.2 Å². The average molecular weight is 1320 g/mol. The quantitative estimate of drug-likeness (QED) is 0.0864. The topological polar surface area (TPSA) is 331 Å². The van der Waals surface area contributed by atoms with Gasteiger partial charge in [-0.1, -0.05) is 109 Å². The number of hydrogen-bond acceptors (Lipinski definition) is 15. The van der Waals surface area contributed by atoms with Crippen molar-refractivity contribution in [3.05, 3.63) is 12.2 Å². The lowest BCUT2D eigenvalue weighted by atomic mass is 9.91. The number of nitrogens with one attached hydrogen (secondary N) is 4. The Morgan fingerprint density at radius 2 is 0.946 bits per heavy atom. The Bertz CT molecular complexity index is 2610. The van der Waals surface area contributed by atoms with E-state index in [2.05, 4.69) is 21.3 Å². The largest absolute Gasteiger partial charge is 0.480 e. The second-order valence-corrected chi connectivity index (χ2v) is 27.4. The molecule has 12 atom stereocenters. The lowest BCUT2D eigenvalue weighted by Gasteiger charge is -2.42. The van der Waals surface area contributed by atoms with Crippen LogP contribution in [0, 0.1) is 41.4 Å². The van der Waals surface area contributed by atoms with Crippen molar-refractivity contribution >= 4 is 76.9 Å². The van der Waals surface area contributed by atoms with E-state index in [0.29, 0.717) is 0 Å². The zero-order valence-electron chi connectivity index (χ0n) is 60.1. The Labute approximate surface area is 552 Å². The van der Waals surface area contributed by atoms with Gasteiger partial charge in [-0.15, -0.1) is 0 Å². The van der Waals surface area contributed by atoms with E-state index in [9.17, 15) is 48.3 Å². The molecule has 0 aromatic heterocycles. The molecule has 10 unspecified atom stereocenters. The first kappa shape index (κ1) is 83.8. The Morgan fingerprint density at radius 3 is 1.41 bits per heavy atom. The van der Waals surface area contributed by atoms with Crippen molar-refractivity contribution in [1.29, 1.82) is 0 Å². The van der Waals surface area contributed by atoms with Crippen molar-refractivity contribution < 1.29 is 76.9 Å². The van der Waals surface area contributed by atoms with Gasteiger partial charge in [0.15, 0.2) is 0 Å². The molecule has 0 aliphatic carbocycles. The Hall–Kier alpha value is -7.19. The van der Waals surface area contributed by atoms with E-state index < -0.39 is 181 Å². The molecule has 27 nitrogen and oxygen atoms in total. The fraction of sp³-hybridized carbons (Fsp3) is 0.773. The summed E-state index contributed by atoms with van der Waals surface area (Å²) in [4.78, 5) is 195. The van der Waals surface area contributed by atoms with Crippen LogP contribution in [0.5, 0.6) is 0 Å². The van der Waals surface area contributed by atoms with Crippen LogP contribution in [-0.2, 0) is 71.8 Å². The first-order chi connectivity index (χ1) is 43.0. The number of hydrogen-bond donors (Lipinski definition) is 5. The maximum Gasteiger partial charge on any atom is 0.332 e. The van der Waals surface area contributed by atoms with Crippen molar-refractivity contribution in [2.45, 2.75) is 223 Å². The Balaban J connectivity index is 4.52. The summed E-state index contributed by atoms with van der Waals surface area (Å²) in [6.07, 6.45) is 2.44. The van der Waals surface area contributed by atoms with E-state index >= 15 is 19.2 Å². The molecule has 0 radical (unpaired) electrons. The number of carboxylic acid groups (broad SMARTS) is 1. The van der Waals surface area contributed by atoms with Crippen LogP contribution in [0.4, 0.5) is 0 Å². The molecule has 1 heterocycles. The fourth-order valence-corrected chi connectivity index (χ4v) is 11.2. The van der Waals surface area contributed by atoms with Gasteiger partial charge in [0.05, 0.1) is 6.54 Å². The summed E-state index contributed by atoms with van der Waals surface area (Å²) in [5.74, 6) is -13.4. The lowest BCUT2D eigenvalue weighted by Crippen LogP contribution is -2.64. The van der Waals surface area contributed by atoms with E-state index in [-0.39, 0.29) is 62.2 Å². The zero-order chi connectivity index (χ0) is 72.0. The summed E-state index contributed by atoms with van der Waals surface area (Å²) in [7, 11) is 9.62. The highest BCUT2D eigenvalue weighted by molar-refractivity contribution is 5.99. The van der Waals surface area contributed by atoms with Crippen LogP contribution in [-0.4, -0.2) is 252 Å². The van der Waals surface area contributed by atoms with Crippen LogP contribution in [0.2, 0.25) is 0 Å². The first-order valence-corrected chi connectivity index (χ1v) is 32.7. The van der Waals surface area contributed by atoms with E-state index in [1.165, 1.54) is 87.7 Å². The number of allylic oxidation sites excluding steroid dienone is 2. The summed E-state index contributed by atoms with van der Waals surface area (Å²) in [6, 6.07) is -13.1. The van der Waals surface area contributed by atoms with Gasteiger partial charge in [0.1, 0.15) is 79.7 Å². The summed E-state index contributed by atoms with van der Waals surface area (Å²) in [5.41, 5.74) is 0. The molecule has 93 heavy (non-hydrogen) atoms. The van der Waals surface area contributed by atoms with Crippen molar-refractivity contribution in [1.82, 2.24) is 55.6 Å². The molecule has 0 spiro atoms. The van der Waals surface area contributed by atoms with Crippen LogP contribution in [0.25, 0.3) is 0 Å². The average Bonchev–Trinajstić information content (AvgIpc) is 0.811. The standard InChI is InChI=1S/C66H115N11O16/c1-25-27-28-42(15)56(93-52(81)35-92-34-51(79)80)55-60(85)69-45(26-2)62(87)71(18)33-50(78)72(19)46(29-36(3)4)59(84)70-53(40(11)12)65(90)73(20)47(30-37(5)6)58(83)67-43(16)57(82)68-44(17)61(86)74(21)48(31-38(7)8)63(88)75(22)49(32-39(9)10)64(89)76(23)54(41(13)14)66(91)77(55)24/h25,27,36-49,53-56H,26,28-35H2,1-24H3,(H,67,83)(H,68,82)(H,69,85)(H,70,84)(H,79,80)/b27-25+/t42-,43?,44?,45?,46+,47?,48?,49?,53?,54?,55?,56?/m1/s1. The molecule has 27 heteroatoms. The normalized spacial score (nSPS) is 25.5. The number of ether oxygens (including phenoxy) is 2. The van der Waals surface area contributed by atoms with Crippen LogP contribution in [0.3, 0.4) is 0 Å². The number of carbonyl (C=O) groups is 13. The third-order valence-corrected chi connectivity index (χ3v) is 16.8. The molecule has 0 saturated carbocycles. The lowest BCUT2D eigenvalue weighted by molar-refractivity contribution is -0.169. The molecule has 0 aromatic carbocycles. The maximum atomic E-state index is 15.5. The Morgan fingerprint density at radius 1 is 0.505 bits per heavy atom. The van der Waals surface area contributed by atoms with Gasteiger partial charge in [0, 0.05) is 49.3 Å². The van der Waals surface area contributed by atoms with Gasteiger partial charge >= 0.3 is 11.9 Å². The summed E-state index contributed by atoms with van der Waals surface area (Å²) in [5, 5.41) is 20.2. The zero-order valence-corrected chi connectivity index (χ0v) is 60.1. The smallest absolute Gasteiger partial charge is 0.332 e. The third-order valence-electron chi connectivity index (χ3n) is 16.8. The van der Waals surface area contributed by atoms with Gasteiger partial charge in [0.25, 0.3) is 0 Å². The monoisotopic (exact) mass is 1320 g/mol. The number of likely N-dealkylation sites (N-methyl/N-ethyl adjacent to an activating group) is 7. The van der Waals surface area contributed by atoms with Crippen LogP contribution in [0.1, 0.15) is 156 Å². The number of esters is 1. The molecule has 0 bridgehead atoms. The van der Waals surface area contributed by atoms with Gasteiger partial charge in [-0.3, -0.25) is 52.7 Å². The number of aliphatic carboxylic acids is 1. The van der Waals surface area contributed by atoms with Gasteiger partial charge in [-0.2, -0.15) is 0 Å². The second-order valence-electron chi connectivity index (χ2n) is 27.4. The predicted octanol–water partition coefficient (Wildman–Crippen LogP) is 2.92. The van der Waals surface area contributed by atoms with E-state index in [4.69, 9.17) is 9.47 Å². The minimum Gasteiger partial charge on any atom is -0.480 e. The van der Waals surface area contributed by atoms with Gasteiger partial charge in [0.2, 0.25) is 65.0 Å². The highest BCUT2D eigenvalue weighted by Crippen LogP contribution is 2.27. The fourth-order valence-electron chi connectivity index (χ4n) is 11.2. The molecular weight excluding hydrogens is 1200 g/mol. The second kappa shape index (κ2) is 38.9. The van der Waals surface area contributed by atoms with Crippen LogP contribution >= 0.6 is 0 Å². The van der Waals surface area contributed by atoms with E-state index in [0.717, 1.165) is 9.80 Å². The SMILES string of the molecule is C/C=C/C[C@@H](C)C(OC(=O)COCC(=O)O)C1C(=O)NC(CC)C(=O)N(C)CC(=O)N(C)[C@@H](CC(C)C)C(=O)NC(C(C)C)C(=O)N(C)C(CC(C)C)C(=O)NC(C)C(=O)NC(C)C(=O)N(C)C(CC(C)C)C(=O)N(C)C(CC(C)C)C(=O)N(C)C(C(C)C)C(=O)N1C. The van der Waals surface area contributed by atoms with Crippen molar-refractivity contribution in [3.63, 3.8) is 0 Å². The molecule has 11 amide bonds. The van der Waals surface area contributed by atoms with E-state index in [1.54, 1.807) is 60.6 Å². The number of rotatable bonds is 20. The van der Waals surface area contributed by atoms with Crippen molar-refractivity contribution in [2.24, 2.45) is 41.4 Å². The molecule has 1 aliphatic rings. The van der Waals surface area contributed by atoms with Gasteiger partial charge < -0.3 is 70.1 Å². The molecular formula is C66H115N11O16. The number of nitrogens with zero attached hydrogens (tertiary/aromatic N) is 7. The molecule has 1 saturated heterocycles. The molecule has 5 N–H and O–H groups in total. The van der Waals surface area contributed by atoms with Crippen molar-refractivity contribution in [3.8, 4) is 0 Å². The van der Waals surface area contributed by atoms with Crippen LogP contribution < -0.4 is 21.3 Å². The Kier molecular flexibility index (Phi) is 35.0. The van der Waals surface area contributed by atoms with Gasteiger partial charge in [-0.05, 0) is 101 Å². The summed E-state index contributed by atoms with van der Waals surface area (Å²) in [6.45, 7) is 26.9. The highest BCUT2D eigenvalue weighted by atomic mass is 16.6. The molecule has 1 rings (SSSR count). The summed E-state index contributed by atoms with van der Waals surface area (Å²) >= 11 is 0. The van der Waals surface area contributed by atoms with Gasteiger partial charge in [-0.25, -0.2) is 9.59 Å². The minimum atomic E-state index is -1.78. The third kappa shape index (κ3) is 24.9.